The maximum absolute atomic E-state index is 12.3. The zero-order valence-electron chi connectivity index (χ0n) is 13.6. The van der Waals surface area contributed by atoms with E-state index in [9.17, 15) is 23.3 Å². The molecule has 2 rings (SSSR count). The van der Waals surface area contributed by atoms with Gasteiger partial charge in [-0.15, -0.1) is 0 Å². The van der Waals surface area contributed by atoms with Crippen molar-refractivity contribution in [2.45, 2.75) is 13.0 Å². The summed E-state index contributed by atoms with van der Waals surface area (Å²) in [5.41, 5.74) is 0.901. The van der Waals surface area contributed by atoms with Crippen LogP contribution in [-0.2, 0) is 10.0 Å². The number of hydrogen-bond donors (Lipinski definition) is 2. The van der Waals surface area contributed by atoms with Crippen LogP contribution in [0.5, 0.6) is 0 Å². The number of benzene rings is 2. The second-order valence-electron chi connectivity index (χ2n) is 5.46. The molecule has 132 valence electrons. The molecule has 2 aromatic rings. The van der Waals surface area contributed by atoms with Crippen LogP contribution < -0.4 is 10.0 Å². The summed E-state index contributed by atoms with van der Waals surface area (Å²) in [4.78, 5) is 22.6. The highest BCUT2D eigenvalue weighted by molar-refractivity contribution is 7.92. The lowest BCUT2D eigenvalue weighted by Gasteiger charge is -2.18. The molecular weight excluding hydrogens is 346 g/mol. The molecule has 0 heterocycles. The Hall–Kier alpha value is -2.94. The molecule has 0 spiro atoms. The van der Waals surface area contributed by atoms with Crippen LogP contribution in [0, 0.1) is 10.1 Å². The van der Waals surface area contributed by atoms with Crippen LogP contribution in [0.3, 0.4) is 0 Å². The van der Waals surface area contributed by atoms with E-state index in [-0.39, 0.29) is 11.3 Å². The molecule has 0 aliphatic carbocycles. The molecule has 1 unspecified atom stereocenters. The molecule has 0 saturated heterocycles. The fourth-order valence-corrected chi connectivity index (χ4v) is 2.87. The molecule has 0 saturated carbocycles. The monoisotopic (exact) mass is 363 g/mol. The van der Waals surface area contributed by atoms with Gasteiger partial charge in [0.05, 0.1) is 22.9 Å². The molecule has 0 radical (unpaired) electrons. The molecule has 0 bridgehead atoms. The van der Waals surface area contributed by atoms with E-state index in [1.807, 2.05) is 0 Å². The number of non-ortho nitro benzene ring substituents is 1. The van der Waals surface area contributed by atoms with Crippen LogP contribution in [0.1, 0.15) is 28.9 Å². The Kier molecular flexibility index (Phi) is 5.38. The molecule has 8 nitrogen and oxygen atoms in total. The molecule has 0 aliphatic rings. The fraction of sp³-hybridized carbons (Fsp3) is 0.188. The number of carbonyl (C=O) groups excluding carboxylic acids is 1. The Morgan fingerprint density at radius 2 is 1.84 bits per heavy atom. The summed E-state index contributed by atoms with van der Waals surface area (Å²) in [5.74, 6) is -0.495. The SMILES string of the molecule is CC(NC(=O)c1cccc([N+](=O)[O-])c1)c1ccccc1NS(C)(=O)=O. The summed E-state index contributed by atoms with van der Waals surface area (Å²) < 4.78 is 25.3. The van der Waals surface area contributed by atoms with Crippen molar-refractivity contribution in [2.75, 3.05) is 11.0 Å². The second kappa shape index (κ2) is 7.31. The summed E-state index contributed by atoms with van der Waals surface area (Å²) in [6.07, 6.45) is 1.04. The van der Waals surface area contributed by atoms with E-state index in [1.54, 1.807) is 31.2 Å². The molecular formula is C16H17N3O5S. The first-order chi connectivity index (χ1) is 11.7. The maximum Gasteiger partial charge on any atom is 0.270 e. The van der Waals surface area contributed by atoms with Gasteiger partial charge in [-0.3, -0.25) is 19.6 Å². The van der Waals surface area contributed by atoms with E-state index in [0.717, 1.165) is 6.26 Å². The number of amides is 1. The minimum Gasteiger partial charge on any atom is -0.345 e. The Labute approximate surface area is 145 Å². The third-order valence-corrected chi connectivity index (χ3v) is 3.98. The number of nitro benzene ring substituents is 1. The fourth-order valence-electron chi connectivity index (χ4n) is 2.29. The van der Waals surface area contributed by atoms with Gasteiger partial charge in [0.1, 0.15) is 0 Å². The quantitative estimate of drug-likeness (QED) is 0.604. The maximum atomic E-state index is 12.3. The molecule has 2 N–H and O–H groups in total. The van der Waals surface area contributed by atoms with Gasteiger partial charge in [0.25, 0.3) is 11.6 Å². The summed E-state index contributed by atoms with van der Waals surface area (Å²) in [6, 6.07) is 11.5. The van der Waals surface area contributed by atoms with Gasteiger partial charge in [0.15, 0.2) is 0 Å². The van der Waals surface area contributed by atoms with Gasteiger partial charge in [0, 0.05) is 17.7 Å². The van der Waals surface area contributed by atoms with E-state index < -0.39 is 26.9 Å². The Morgan fingerprint density at radius 3 is 2.48 bits per heavy atom. The van der Waals surface area contributed by atoms with Crippen LogP contribution in [0.4, 0.5) is 11.4 Å². The van der Waals surface area contributed by atoms with Crippen molar-refractivity contribution < 1.29 is 18.1 Å². The van der Waals surface area contributed by atoms with Crippen molar-refractivity contribution in [1.29, 1.82) is 0 Å². The van der Waals surface area contributed by atoms with Crippen LogP contribution >= 0.6 is 0 Å². The number of carbonyl (C=O) groups is 1. The summed E-state index contributed by atoms with van der Waals surface area (Å²) in [5, 5.41) is 13.5. The largest absolute Gasteiger partial charge is 0.345 e. The molecule has 1 amide bonds. The van der Waals surface area contributed by atoms with Crippen LogP contribution in [0.2, 0.25) is 0 Å². The van der Waals surface area contributed by atoms with Crippen LogP contribution in [-0.4, -0.2) is 25.5 Å². The highest BCUT2D eigenvalue weighted by Gasteiger charge is 2.17. The highest BCUT2D eigenvalue weighted by atomic mass is 32.2. The zero-order valence-corrected chi connectivity index (χ0v) is 14.4. The summed E-state index contributed by atoms with van der Waals surface area (Å²) >= 11 is 0. The predicted octanol–water partition coefficient (Wildman–Crippen LogP) is 2.46. The lowest BCUT2D eigenvalue weighted by molar-refractivity contribution is -0.384. The van der Waals surface area contributed by atoms with Gasteiger partial charge < -0.3 is 5.32 Å². The molecule has 2 aromatic carbocycles. The van der Waals surface area contributed by atoms with Gasteiger partial charge in [0.2, 0.25) is 10.0 Å². The minimum atomic E-state index is -3.47. The molecule has 0 aliphatic heterocycles. The first-order valence-electron chi connectivity index (χ1n) is 7.29. The molecule has 0 fully saturated rings. The van der Waals surface area contributed by atoms with Crippen molar-refractivity contribution in [2.24, 2.45) is 0 Å². The van der Waals surface area contributed by atoms with Crippen molar-refractivity contribution in [3.8, 4) is 0 Å². The minimum absolute atomic E-state index is 0.148. The predicted molar refractivity (Wildman–Crippen MR) is 93.9 cm³/mol. The van der Waals surface area contributed by atoms with Crippen molar-refractivity contribution in [1.82, 2.24) is 5.32 Å². The first kappa shape index (κ1) is 18.4. The Morgan fingerprint density at radius 1 is 1.16 bits per heavy atom. The molecule has 1 atom stereocenters. The standard InChI is InChI=1S/C16H17N3O5S/c1-11(14-8-3-4-9-15(14)18-25(2,23)24)17-16(20)12-6-5-7-13(10-12)19(21)22/h3-11,18H,1-2H3,(H,17,20). The van der Waals surface area contributed by atoms with Crippen molar-refractivity contribution in [3.05, 3.63) is 69.8 Å². The second-order valence-corrected chi connectivity index (χ2v) is 7.21. The van der Waals surface area contributed by atoms with E-state index >= 15 is 0 Å². The Bertz CT molecular complexity index is 911. The third-order valence-electron chi connectivity index (χ3n) is 3.39. The van der Waals surface area contributed by atoms with Crippen LogP contribution in [0.15, 0.2) is 48.5 Å². The van der Waals surface area contributed by atoms with Crippen LogP contribution in [0.25, 0.3) is 0 Å². The number of rotatable bonds is 6. The van der Waals surface area contributed by atoms with Gasteiger partial charge >= 0.3 is 0 Å². The molecule has 25 heavy (non-hydrogen) atoms. The van der Waals surface area contributed by atoms with Crippen molar-refractivity contribution in [3.63, 3.8) is 0 Å². The average molecular weight is 363 g/mol. The number of nitro groups is 1. The van der Waals surface area contributed by atoms with Gasteiger partial charge in [-0.1, -0.05) is 24.3 Å². The normalized spacial score (nSPS) is 12.2. The number of anilines is 1. The van der Waals surface area contributed by atoms with E-state index in [0.29, 0.717) is 11.3 Å². The van der Waals surface area contributed by atoms with Gasteiger partial charge in [-0.2, -0.15) is 0 Å². The Balaban J connectivity index is 2.22. The number of sulfonamides is 1. The molecule has 9 heteroatoms. The number of hydrogen-bond acceptors (Lipinski definition) is 5. The van der Waals surface area contributed by atoms with E-state index in [4.69, 9.17) is 0 Å². The third kappa shape index (κ3) is 5.01. The van der Waals surface area contributed by atoms with Crippen molar-refractivity contribution >= 4 is 27.3 Å². The summed E-state index contributed by atoms with van der Waals surface area (Å²) in [7, 11) is -3.47. The van der Waals surface area contributed by atoms with Gasteiger partial charge in [-0.25, -0.2) is 8.42 Å². The highest BCUT2D eigenvalue weighted by Crippen LogP contribution is 2.24. The van der Waals surface area contributed by atoms with E-state index in [2.05, 4.69) is 10.0 Å². The lowest BCUT2D eigenvalue weighted by atomic mass is 10.1. The average Bonchev–Trinajstić information content (AvgIpc) is 2.53. The lowest BCUT2D eigenvalue weighted by Crippen LogP contribution is -2.27. The number of para-hydroxylation sites is 1. The smallest absolute Gasteiger partial charge is 0.270 e. The van der Waals surface area contributed by atoms with E-state index in [1.165, 1.54) is 24.3 Å². The number of nitrogens with zero attached hydrogens (tertiary/aromatic N) is 1. The summed E-state index contributed by atoms with van der Waals surface area (Å²) in [6.45, 7) is 1.69. The van der Waals surface area contributed by atoms with Gasteiger partial charge in [-0.05, 0) is 24.6 Å². The zero-order chi connectivity index (χ0) is 18.6. The molecule has 0 aromatic heterocycles. The number of nitrogens with one attached hydrogen (secondary N) is 2. The first-order valence-corrected chi connectivity index (χ1v) is 9.18. The topological polar surface area (TPSA) is 118 Å².